The number of non-ortho nitro benzene ring substituents is 1. The predicted molar refractivity (Wildman–Crippen MR) is 71.8 cm³/mol. The second-order valence-corrected chi connectivity index (χ2v) is 4.67. The summed E-state index contributed by atoms with van der Waals surface area (Å²) in [5, 5.41) is 14.1. The van der Waals surface area contributed by atoms with E-state index in [1.54, 1.807) is 12.1 Å². The molecule has 0 aliphatic heterocycles. The Bertz CT molecular complexity index is 585. The number of nitrogens with one attached hydrogen (secondary N) is 1. The van der Waals surface area contributed by atoms with Gasteiger partial charge in [-0.2, -0.15) is 0 Å². The number of rotatable bonds is 4. The van der Waals surface area contributed by atoms with Gasteiger partial charge < -0.3 is 9.73 Å². The number of benzene rings is 1. The van der Waals surface area contributed by atoms with Crippen molar-refractivity contribution >= 4 is 38.9 Å². The van der Waals surface area contributed by atoms with E-state index >= 15 is 0 Å². The average Bonchev–Trinajstić information content (AvgIpc) is 2.74. The highest BCUT2D eigenvalue weighted by Gasteiger charge is 2.10. The topological polar surface area (TPSA) is 68.3 Å². The van der Waals surface area contributed by atoms with Crippen molar-refractivity contribution in [3.63, 3.8) is 0 Å². The lowest BCUT2D eigenvalue weighted by atomic mass is 10.2. The molecule has 0 aliphatic carbocycles. The molecule has 0 atom stereocenters. The summed E-state index contributed by atoms with van der Waals surface area (Å²) in [6.45, 7) is 0.395. The highest BCUT2D eigenvalue weighted by Crippen LogP contribution is 2.27. The first kappa shape index (κ1) is 12.9. The Morgan fingerprint density at radius 1 is 1.39 bits per heavy atom. The zero-order chi connectivity index (χ0) is 13.1. The average molecular weight is 332 g/mol. The zero-order valence-electron chi connectivity index (χ0n) is 9.02. The van der Waals surface area contributed by atoms with Crippen LogP contribution in [0.2, 0.25) is 5.02 Å². The van der Waals surface area contributed by atoms with Crippen molar-refractivity contribution in [2.24, 2.45) is 0 Å². The number of halogens is 2. The first-order valence-corrected chi connectivity index (χ1v) is 6.15. The second kappa shape index (κ2) is 5.41. The normalized spacial score (nSPS) is 10.3. The number of anilines is 1. The van der Waals surface area contributed by atoms with Gasteiger partial charge >= 0.3 is 0 Å². The minimum atomic E-state index is -0.467. The molecular formula is C11H8BrClN2O3. The van der Waals surface area contributed by atoms with Gasteiger partial charge in [0.15, 0.2) is 4.67 Å². The molecule has 0 saturated heterocycles. The van der Waals surface area contributed by atoms with E-state index in [9.17, 15) is 10.1 Å². The Labute approximate surface area is 116 Å². The Morgan fingerprint density at radius 3 is 2.78 bits per heavy atom. The lowest BCUT2D eigenvalue weighted by Crippen LogP contribution is -1.99. The molecule has 7 heteroatoms. The zero-order valence-corrected chi connectivity index (χ0v) is 11.4. The standard InChI is InChI=1S/C11H8BrClN2O3/c12-11-4-2-8(18-11)6-14-10-5-7(15(16)17)1-3-9(10)13/h1-5,14H,6H2. The number of furan rings is 1. The van der Waals surface area contributed by atoms with Crippen molar-refractivity contribution in [3.05, 3.63) is 55.9 Å². The van der Waals surface area contributed by atoms with Crippen molar-refractivity contribution in [2.45, 2.75) is 6.54 Å². The third kappa shape index (κ3) is 3.02. The van der Waals surface area contributed by atoms with Gasteiger partial charge in [0.25, 0.3) is 5.69 Å². The van der Waals surface area contributed by atoms with Gasteiger partial charge in [-0.3, -0.25) is 10.1 Å². The van der Waals surface area contributed by atoms with Crippen LogP contribution in [0, 0.1) is 10.1 Å². The molecule has 0 saturated carbocycles. The highest BCUT2D eigenvalue weighted by atomic mass is 79.9. The molecule has 1 N–H and O–H groups in total. The van der Waals surface area contributed by atoms with E-state index in [2.05, 4.69) is 21.2 Å². The fourth-order valence-electron chi connectivity index (χ4n) is 1.39. The van der Waals surface area contributed by atoms with E-state index in [0.29, 0.717) is 27.7 Å². The molecular weight excluding hydrogens is 323 g/mol. The van der Waals surface area contributed by atoms with Gasteiger partial charge in [0.1, 0.15) is 5.76 Å². The van der Waals surface area contributed by atoms with E-state index in [1.807, 2.05) is 0 Å². The monoisotopic (exact) mass is 330 g/mol. The molecule has 0 bridgehead atoms. The maximum Gasteiger partial charge on any atom is 0.271 e. The van der Waals surface area contributed by atoms with Gasteiger partial charge in [-0.1, -0.05) is 11.6 Å². The van der Waals surface area contributed by atoms with Crippen LogP contribution in [0.1, 0.15) is 5.76 Å². The molecule has 1 aromatic heterocycles. The molecule has 1 heterocycles. The number of nitro benzene ring substituents is 1. The van der Waals surface area contributed by atoms with Crippen LogP contribution < -0.4 is 5.32 Å². The summed E-state index contributed by atoms with van der Waals surface area (Å²) in [5.74, 6) is 0.699. The van der Waals surface area contributed by atoms with E-state index in [-0.39, 0.29) is 5.69 Å². The predicted octanol–water partition coefficient (Wildman–Crippen LogP) is 4.22. The molecule has 0 fully saturated rings. The number of nitro groups is 1. The number of hydrogen-bond donors (Lipinski definition) is 1. The van der Waals surface area contributed by atoms with Crippen molar-refractivity contribution in [1.29, 1.82) is 0 Å². The van der Waals surface area contributed by atoms with Crippen molar-refractivity contribution in [2.75, 3.05) is 5.32 Å². The number of nitrogens with zero attached hydrogens (tertiary/aromatic N) is 1. The number of hydrogen-bond acceptors (Lipinski definition) is 4. The van der Waals surface area contributed by atoms with E-state index < -0.39 is 4.92 Å². The van der Waals surface area contributed by atoms with Crippen LogP contribution in [0.5, 0.6) is 0 Å². The minimum absolute atomic E-state index is 0.0116. The van der Waals surface area contributed by atoms with Gasteiger partial charge in [-0.25, -0.2) is 0 Å². The Kier molecular flexibility index (Phi) is 3.88. The highest BCUT2D eigenvalue weighted by molar-refractivity contribution is 9.10. The first-order chi connectivity index (χ1) is 8.56. The van der Waals surface area contributed by atoms with Gasteiger partial charge in [-0.15, -0.1) is 0 Å². The summed E-state index contributed by atoms with van der Waals surface area (Å²) in [5.41, 5.74) is 0.487. The van der Waals surface area contributed by atoms with Gasteiger partial charge in [0.2, 0.25) is 0 Å². The summed E-state index contributed by atoms with van der Waals surface area (Å²) in [6.07, 6.45) is 0. The van der Waals surface area contributed by atoms with Crippen LogP contribution in [0.15, 0.2) is 39.4 Å². The molecule has 0 radical (unpaired) electrons. The van der Waals surface area contributed by atoms with Crippen molar-refractivity contribution in [1.82, 2.24) is 0 Å². The summed E-state index contributed by atoms with van der Waals surface area (Å²) in [7, 11) is 0. The summed E-state index contributed by atoms with van der Waals surface area (Å²) < 4.78 is 5.93. The second-order valence-electron chi connectivity index (χ2n) is 3.48. The van der Waals surface area contributed by atoms with Gasteiger partial charge in [-0.05, 0) is 34.1 Å². The maximum absolute atomic E-state index is 10.7. The fourth-order valence-corrected chi connectivity index (χ4v) is 1.92. The van der Waals surface area contributed by atoms with Crippen LogP contribution in [-0.2, 0) is 6.54 Å². The Morgan fingerprint density at radius 2 is 2.17 bits per heavy atom. The van der Waals surface area contributed by atoms with Crippen LogP contribution >= 0.6 is 27.5 Å². The van der Waals surface area contributed by atoms with Gasteiger partial charge in [0.05, 0.1) is 22.2 Å². The third-order valence-electron chi connectivity index (χ3n) is 2.24. The van der Waals surface area contributed by atoms with E-state index in [0.717, 1.165) is 0 Å². The largest absolute Gasteiger partial charge is 0.452 e. The molecule has 5 nitrogen and oxygen atoms in total. The molecule has 0 aliphatic rings. The summed E-state index contributed by atoms with van der Waals surface area (Å²) in [6, 6.07) is 7.80. The third-order valence-corrected chi connectivity index (χ3v) is 3.00. The molecule has 2 rings (SSSR count). The summed E-state index contributed by atoms with van der Waals surface area (Å²) in [4.78, 5) is 10.2. The molecule has 1 aromatic carbocycles. The van der Waals surface area contributed by atoms with E-state index in [4.69, 9.17) is 16.0 Å². The summed E-state index contributed by atoms with van der Waals surface area (Å²) >= 11 is 9.14. The van der Waals surface area contributed by atoms with Crippen LogP contribution in [0.3, 0.4) is 0 Å². The van der Waals surface area contributed by atoms with Gasteiger partial charge in [0, 0.05) is 12.1 Å². The minimum Gasteiger partial charge on any atom is -0.452 e. The lowest BCUT2D eigenvalue weighted by Gasteiger charge is -2.06. The van der Waals surface area contributed by atoms with E-state index in [1.165, 1.54) is 18.2 Å². The fraction of sp³-hybridized carbons (Fsp3) is 0.0909. The molecule has 18 heavy (non-hydrogen) atoms. The van der Waals surface area contributed by atoms with Crippen LogP contribution in [0.25, 0.3) is 0 Å². The Balaban J connectivity index is 2.13. The maximum atomic E-state index is 10.7. The molecule has 2 aromatic rings. The smallest absolute Gasteiger partial charge is 0.271 e. The van der Waals surface area contributed by atoms with Crippen LogP contribution in [0.4, 0.5) is 11.4 Å². The lowest BCUT2D eigenvalue weighted by molar-refractivity contribution is -0.384. The SMILES string of the molecule is O=[N+]([O-])c1ccc(Cl)c(NCc2ccc(Br)o2)c1. The molecule has 0 amide bonds. The van der Waals surface area contributed by atoms with Crippen molar-refractivity contribution < 1.29 is 9.34 Å². The van der Waals surface area contributed by atoms with Crippen LogP contribution in [-0.4, -0.2) is 4.92 Å². The Hall–Kier alpha value is -1.53. The quantitative estimate of drug-likeness (QED) is 0.673. The molecule has 0 unspecified atom stereocenters. The first-order valence-electron chi connectivity index (χ1n) is 4.98. The molecule has 0 spiro atoms. The van der Waals surface area contributed by atoms with Crippen molar-refractivity contribution in [3.8, 4) is 0 Å². The molecule has 94 valence electrons.